The van der Waals surface area contributed by atoms with Crippen LogP contribution in [-0.4, -0.2) is 22.8 Å². The second-order valence-corrected chi connectivity index (χ2v) is 6.71. The van der Waals surface area contributed by atoms with Crippen LogP contribution >= 0.6 is 22.9 Å². The first-order chi connectivity index (χ1) is 9.70. The summed E-state index contributed by atoms with van der Waals surface area (Å²) in [5.74, 6) is 0. The van der Waals surface area contributed by atoms with E-state index < -0.39 is 12.2 Å². The molecule has 0 amide bonds. The van der Waals surface area contributed by atoms with Crippen LogP contribution < -0.4 is 0 Å². The number of nitro groups is 1. The predicted octanol–water partition coefficient (Wildman–Crippen LogP) is 4.32. The fourth-order valence-electron chi connectivity index (χ4n) is 1.11. The number of halogens is 4. The van der Waals surface area contributed by atoms with Gasteiger partial charge < -0.3 is 17.3 Å². The molecule has 0 aliphatic heterocycles. The van der Waals surface area contributed by atoms with E-state index in [-0.39, 0.29) is 5.69 Å². The van der Waals surface area contributed by atoms with Crippen molar-refractivity contribution in [2.45, 2.75) is 0 Å². The highest BCUT2D eigenvalue weighted by Crippen LogP contribution is 2.26. The molecule has 1 heterocycles. The Morgan fingerprint density at radius 3 is 2.14 bits per heavy atom. The topological polar surface area (TPSA) is 56.0 Å². The normalized spacial score (nSPS) is 11.8. The summed E-state index contributed by atoms with van der Waals surface area (Å²) in [5.41, 5.74) is 1.03. The van der Waals surface area contributed by atoms with Gasteiger partial charge in [-0.1, -0.05) is 0 Å². The maximum atomic E-state index is 10.5. The fourth-order valence-corrected chi connectivity index (χ4v) is 3.52. The molecule has 2 aromatic rings. The summed E-state index contributed by atoms with van der Waals surface area (Å²) in [6.45, 7) is 0. The number of hydrogen-bond donors (Lipinski definition) is 0. The van der Waals surface area contributed by atoms with Gasteiger partial charge in [-0.05, 0) is 23.5 Å². The number of rotatable bonds is 2. The molecule has 0 N–H and O–H groups in total. The van der Waals surface area contributed by atoms with Gasteiger partial charge in [0, 0.05) is 29.2 Å². The average Bonchev–Trinajstić information content (AvgIpc) is 2.85. The monoisotopic (exact) mass is 358 g/mol. The van der Waals surface area contributed by atoms with Gasteiger partial charge in [0.2, 0.25) is 11.4 Å². The Labute approximate surface area is 128 Å². The first-order valence-electron chi connectivity index (χ1n) is 5.16. The van der Waals surface area contributed by atoms with E-state index in [4.69, 9.17) is 0 Å². The molecule has 12 heteroatoms. The SMILES string of the molecule is C[S+]=c1snc(-c2ccc([N+](=O)[O-])cc2)s1.F[B-](F)(F)F. The van der Waals surface area contributed by atoms with Crippen LogP contribution in [0.2, 0.25) is 0 Å². The van der Waals surface area contributed by atoms with E-state index in [1.165, 1.54) is 26.8 Å². The van der Waals surface area contributed by atoms with Crippen molar-refractivity contribution in [1.29, 1.82) is 0 Å². The standard InChI is InChI=1S/C9H7N2O2S3.BF4/c1-14-9-15-8(10-16-9)6-2-4-7(5-3-6)11(12)13;2-1(3,4)5/h2-5H,1H3;/q+1;-1. The second-order valence-electron chi connectivity index (χ2n) is 3.34. The van der Waals surface area contributed by atoms with Gasteiger partial charge in [-0.15, -0.1) is 0 Å². The van der Waals surface area contributed by atoms with E-state index in [0.29, 0.717) is 0 Å². The predicted molar refractivity (Wildman–Crippen MR) is 78.8 cm³/mol. The summed E-state index contributed by atoms with van der Waals surface area (Å²) in [6.07, 6.45) is 2.00. The molecule has 0 aliphatic carbocycles. The van der Waals surface area contributed by atoms with Crippen LogP contribution in [-0.2, 0) is 11.4 Å². The van der Waals surface area contributed by atoms with E-state index in [2.05, 4.69) is 4.37 Å². The average molecular weight is 358 g/mol. The second kappa shape index (κ2) is 7.57. The summed E-state index contributed by atoms with van der Waals surface area (Å²) >= 11 is 4.71. The van der Waals surface area contributed by atoms with Crippen LogP contribution in [0.3, 0.4) is 0 Å². The van der Waals surface area contributed by atoms with Crippen LogP contribution in [0.4, 0.5) is 23.0 Å². The van der Waals surface area contributed by atoms with Gasteiger partial charge in [-0.25, -0.2) is 0 Å². The molecule has 114 valence electrons. The number of hydrogen-bond acceptors (Lipinski definition) is 5. The number of nitrogens with zero attached hydrogens (tertiary/aromatic N) is 2. The molecule has 0 saturated carbocycles. The number of nitro benzene ring substituents is 1. The van der Waals surface area contributed by atoms with Crippen molar-refractivity contribution in [1.82, 2.24) is 4.37 Å². The van der Waals surface area contributed by atoms with Crippen LogP contribution in [0, 0.1) is 13.3 Å². The maximum absolute atomic E-state index is 10.5. The van der Waals surface area contributed by atoms with Crippen molar-refractivity contribution < 1.29 is 22.2 Å². The minimum Gasteiger partial charge on any atom is -0.418 e. The molecule has 0 unspecified atom stereocenters. The highest BCUT2D eigenvalue weighted by molar-refractivity contribution is 7.74. The van der Waals surface area contributed by atoms with Crippen molar-refractivity contribution in [2.75, 3.05) is 6.26 Å². The third-order valence-corrected chi connectivity index (χ3v) is 5.38. The van der Waals surface area contributed by atoms with E-state index in [0.717, 1.165) is 10.6 Å². The molecule has 0 saturated heterocycles. The highest BCUT2D eigenvalue weighted by atomic mass is 32.2. The molecular formula is C9H7BF4N2O2S3. The Kier molecular flexibility index (Phi) is 6.36. The Balaban J connectivity index is 0.000000383. The quantitative estimate of drug-likeness (QED) is 0.201. The largest absolute Gasteiger partial charge is 0.673 e. The smallest absolute Gasteiger partial charge is 0.418 e. The van der Waals surface area contributed by atoms with E-state index in [1.807, 2.05) is 6.26 Å². The summed E-state index contributed by atoms with van der Waals surface area (Å²) < 4.78 is 44.5. The van der Waals surface area contributed by atoms with Crippen LogP contribution in [0.5, 0.6) is 0 Å². The lowest BCUT2D eigenvalue weighted by atomic mass is 10.2. The molecule has 0 spiro atoms. The summed E-state index contributed by atoms with van der Waals surface area (Å²) in [4.78, 5) is 10.1. The lowest BCUT2D eigenvalue weighted by Gasteiger charge is -1.94. The first-order valence-corrected chi connectivity index (χ1v) is 7.98. The molecule has 0 aliphatic rings. The van der Waals surface area contributed by atoms with Crippen LogP contribution in [0.25, 0.3) is 10.6 Å². The molecule has 0 fully saturated rings. The summed E-state index contributed by atoms with van der Waals surface area (Å²) in [7, 11) is -6.00. The highest BCUT2D eigenvalue weighted by Gasteiger charge is 2.20. The van der Waals surface area contributed by atoms with Gasteiger partial charge >= 0.3 is 10.4 Å². The van der Waals surface area contributed by atoms with Gasteiger partial charge in [0.25, 0.3) is 5.69 Å². The lowest BCUT2D eigenvalue weighted by molar-refractivity contribution is -0.384. The summed E-state index contributed by atoms with van der Waals surface area (Å²) in [5, 5.41) is 11.4. The third kappa shape index (κ3) is 6.73. The van der Waals surface area contributed by atoms with E-state index >= 15 is 0 Å². The first kappa shape index (κ1) is 17.7. The number of non-ortho nitro benzene ring substituents is 1. The molecule has 1 aromatic heterocycles. The zero-order valence-electron chi connectivity index (χ0n) is 10.3. The molecule has 0 bridgehead atoms. The zero-order chi connectivity index (χ0) is 16.0. The maximum Gasteiger partial charge on any atom is 0.673 e. The molecule has 0 radical (unpaired) electrons. The van der Waals surface area contributed by atoms with Crippen LogP contribution in [0.15, 0.2) is 24.3 Å². The Bertz CT molecular complexity index is 663. The van der Waals surface area contributed by atoms with Crippen LogP contribution in [0.1, 0.15) is 0 Å². The Morgan fingerprint density at radius 1 is 1.24 bits per heavy atom. The minimum absolute atomic E-state index is 0.106. The molecular weight excluding hydrogens is 351 g/mol. The van der Waals surface area contributed by atoms with Gasteiger partial charge in [0.1, 0.15) is 5.01 Å². The van der Waals surface area contributed by atoms with E-state index in [9.17, 15) is 27.4 Å². The van der Waals surface area contributed by atoms with Gasteiger partial charge in [-0.3, -0.25) is 10.1 Å². The Hall–Kier alpha value is -1.40. The fraction of sp³-hybridized carbons (Fsp3) is 0.111. The summed E-state index contributed by atoms with van der Waals surface area (Å²) in [6, 6.07) is 6.46. The zero-order valence-corrected chi connectivity index (χ0v) is 12.8. The van der Waals surface area contributed by atoms with Crippen molar-refractivity contribution >= 4 is 47.2 Å². The van der Waals surface area contributed by atoms with Gasteiger partial charge in [0.15, 0.2) is 6.26 Å². The molecule has 21 heavy (non-hydrogen) atoms. The van der Waals surface area contributed by atoms with Crippen molar-refractivity contribution in [3.8, 4) is 10.6 Å². The van der Waals surface area contributed by atoms with Crippen molar-refractivity contribution in [2.24, 2.45) is 0 Å². The number of benzene rings is 1. The molecule has 4 nitrogen and oxygen atoms in total. The lowest BCUT2D eigenvalue weighted by Crippen LogP contribution is -2.02. The molecule has 1 aromatic carbocycles. The third-order valence-electron chi connectivity index (χ3n) is 1.87. The molecule has 0 atom stereocenters. The Morgan fingerprint density at radius 2 is 1.76 bits per heavy atom. The van der Waals surface area contributed by atoms with E-state index in [1.54, 1.807) is 34.8 Å². The minimum atomic E-state index is -6.00. The molecule has 2 rings (SSSR count). The van der Waals surface area contributed by atoms with Crippen molar-refractivity contribution in [3.63, 3.8) is 0 Å². The van der Waals surface area contributed by atoms with Gasteiger partial charge in [0.05, 0.1) is 4.92 Å². The van der Waals surface area contributed by atoms with Gasteiger partial charge in [-0.2, -0.15) is 4.37 Å². The number of aromatic nitrogens is 1. The van der Waals surface area contributed by atoms with Crippen molar-refractivity contribution in [3.05, 3.63) is 37.5 Å².